The van der Waals surface area contributed by atoms with Gasteiger partial charge in [0.05, 0.1) is 0 Å². The van der Waals surface area contributed by atoms with Crippen molar-refractivity contribution in [2.75, 3.05) is 19.6 Å². The maximum Gasteiger partial charge on any atom is 0.115 e. The number of hydrogen-bond donors (Lipinski definition) is 1. The van der Waals surface area contributed by atoms with E-state index in [4.69, 9.17) is 0 Å². The number of aryl methyl sites for hydroxylation is 1. The molecule has 0 fully saturated rings. The van der Waals surface area contributed by atoms with E-state index < -0.39 is 0 Å². The Hall–Kier alpha value is -1.77. The number of phenolic OH excluding ortho intramolecular Hbond substituents is 1. The fraction of sp³-hybridized carbons (Fsp3) is 0.333. The zero-order valence-electron chi connectivity index (χ0n) is 14.0. The van der Waals surface area contributed by atoms with Gasteiger partial charge in [-0.25, -0.2) is 0 Å². The van der Waals surface area contributed by atoms with Gasteiger partial charge in [-0.2, -0.15) is 0 Å². The van der Waals surface area contributed by atoms with E-state index in [-0.39, 0.29) is 12.4 Å². The van der Waals surface area contributed by atoms with E-state index in [2.05, 4.69) is 41.3 Å². The third-order valence-electron chi connectivity index (χ3n) is 4.56. The zero-order chi connectivity index (χ0) is 15.9. The van der Waals surface area contributed by atoms with Crippen LogP contribution in [0.1, 0.15) is 30.4 Å². The molecule has 1 N–H and O–H groups in total. The Balaban J connectivity index is 0.00000208. The molecule has 0 saturated heterocycles. The van der Waals surface area contributed by atoms with Crippen LogP contribution in [0, 0.1) is 0 Å². The summed E-state index contributed by atoms with van der Waals surface area (Å²) >= 11 is 0. The molecule has 0 spiro atoms. The van der Waals surface area contributed by atoms with Crippen LogP contribution in [0.25, 0.3) is 5.57 Å². The molecule has 1 aliphatic heterocycles. The summed E-state index contributed by atoms with van der Waals surface area (Å²) in [5.41, 5.74) is 4.10. The van der Waals surface area contributed by atoms with Crippen LogP contribution in [0.2, 0.25) is 0 Å². The van der Waals surface area contributed by atoms with E-state index in [1.165, 1.54) is 42.5 Å². The van der Waals surface area contributed by atoms with Gasteiger partial charge in [-0.15, -0.1) is 12.4 Å². The van der Waals surface area contributed by atoms with Gasteiger partial charge >= 0.3 is 0 Å². The second kappa shape index (κ2) is 9.51. The van der Waals surface area contributed by atoms with E-state index in [0.29, 0.717) is 5.75 Å². The summed E-state index contributed by atoms with van der Waals surface area (Å²) in [6.45, 7) is 3.37. The summed E-state index contributed by atoms with van der Waals surface area (Å²) in [7, 11) is 0. The molecule has 0 saturated carbocycles. The number of unbranched alkanes of at least 4 members (excludes halogenated alkanes) is 1. The van der Waals surface area contributed by atoms with Crippen molar-refractivity contribution in [3.8, 4) is 5.75 Å². The monoisotopic (exact) mass is 343 g/mol. The Morgan fingerprint density at radius 2 is 1.67 bits per heavy atom. The Labute approximate surface area is 151 Å². The minimum absolute atomic E-state index is 0. The summed E-state index contributed by atoms with van der Waals surface area (Å²) in [6.07, 6.45) is 7.14. The third-order valence-corrected chi connectivity index (χ3v) is 4.56. The number of hydrogen-bond acceptors (Lipinski definition) is 2. The van der Waals surface area contributed by atoms with Gasteiger partial charge in [-0.05, 0) is 61.1 Å². The van der Waals surface area contributed by atoms with Crippen LogP contribution in [0.5, 0.6) is 5.75 Å². The highest BCUT2D eigenvalue weighted by atomic mass is 35.5. The lowest BCUT2D eigenvalue weighted by Crippen LogP contribution is -2.29. The number of phenols is 1. The van der Waals surface area contributed by atoms with E-state index >= 15 is 0 Å². The van der Waals surface area contributed by atoms with Crippen molar-refractivity contribution in [2.45, 2.75) is 25.7 Å². The van der Waals surface area contributed by atoms with Crippen molar-refractivity contribution in [2.24, 2.45) is 0 Å². The molecule has 1 heterocycles. The first-order chi connectivity index (χ1) is 11.3. The first-order valence-corrected chi connectivity index (χ1v) is 8.56. The molecule has 2 nitrogen and oxygen atoms in total. The van der Waals surface area contributed by atoms with Gasteiger partial charge in [0.2, 0.25) is 0 Å². The molecule has 3 rings (SSSR count). The maximum absolute atomic E-state index is 9.37. The van der Waals surface area contributed by atoms with Crippen LogP contribution in [0.15, 0.2) is 60.7 Å². The molecular formula is C21H26ClNO. The van der Waals surface area contributed by atoms with E-state index in [9.17, 15) is 5.11 Å². The Morgan fingerprint density at radius 1 is 0.917 bits per heavy atom. The van der Waals surface area contributed by atoms with Gasteiger partial charge < -0.3 is 5.11 Å². The van der Waals surface area contributed by atoms with Crippen molar-refractivity contribution in [3.05, 3.63) is 71.8 Å². The number of rotatable bonds is 6. The molecule has 24 heavy (non-hydrogen) atoms. The van der Waals surface area contributed by atoms with Gasteiger partial charge in [0.1, 0.15) is 5.75 Å². The number of benzene rings is 2. The molecule has 0 amide bonds. The molecule has 2 aromatic carbocycles. The number of aromatic hydroxyl groups is 1. The predicted octanol–water partition coefficient (Wildman–Crippen LogP) is 4.93. The van der Waals surface area contributed by atoms with Crippen molar-refractivity contribution in [3.63, 3.8) is 0 Å². The van der Waals surface area contributed by atoms with Crippen molar-refractivity contribution in [1.82, 2.24) is 4.90 Å². The summed E-state index contributed by atoms with van der Waals surface area (Å²) < 4.78 is 0. The summed E-state index contributed by atoms with van der Waals surface area (Å²) in [6, 6.07) is 18.3. The van der Waals surface area contributed by atoms with Crippen LogP contribution < -0.4 is 0 Å². The average molecular weight is 344 g/mol. The molecule has 128 valence electrons. The number of nitrogens with zero attached hydrogens (tertiary/aromatic N) is 1. The molecule has 1 aliphatic rings. The van der Waals surface area contributed by atoms with Crippen LogP contribution in [0.4, 0.5) is 0 Å². The van der Waals surface area contributed by atoms with Crippen molar-refractivity contribution < 1.29 is 5.11 Å². The van der Waals surface area contributed by atoms with E-state index in [1.807, 2.05) is 12.1 Å². The molecule has 0 aliphatic carbocycles. The minimum atomic E-state index is 0. The molecule has 0 radical (unpaired) electrons. The fourth-order valence-electron chi connectivity index (χ4n) is 3.16. The summed E-state index contributed by atoms with van der Waals surface area (Å²) in [5.74, 6) is 0.338. The molecule has 0 unspecified atom stereocenters. The van der Waals surface area contributed by atoms with Crippen LogP contribution >= 0.6 is 12.4 Å². The lowest BCUT2D eigenvalue weighted by Gasteiger charge is -2.26. The summed E-state index contributed by atoms with van der Waals surface area (Å²) in [4.78, 5) is 2.54. The second-order valence-electron chi connectivity index (χ2n) is 6.27. The smallest absolute Gasteiger partial charge is 0.115 e. The highest BCUT2D eigenvalue weighted by molar-refractivity contribution is 5.85. The lowest BCUT2D eigenvalue weighted by molar-refractivity contribution is 0.295. The Kier molecular flexibility index (Phi) is 7.36. The van der Waals surface area contributed by atoms with Crippen molar-refractivity contribution >= 4 is 18.0 Å². The zero-order valence-corrected chi connectivity index (χ0v) is 14.8. The summed E-state index contributed by atoms with van der Waals surface area (Å²) in [5, 5.41) is 9.37. The highest BCUT2D eigenvalue weighted by Gasteiger charge is 2.12. The van der Waals surface area contributed by atoms with Gasteiger partial charge in [-0.1, -0.05) is 48.5 Å². The topological polar surface area (TPSA) is 23.5 Å². The quantitative estimate of drug-likeness (QED) is 0.752. The lowest BCUT2D eigenvalue weighted by atomic mass is 9.99. The largest absolute Gasteiger partial charge is 0.508 e. The Bertz CT molecular complexity index is 637. The predicted molar refractivity (Wildman–Crippen MR) is 104 cm³/mol. The van der Waals surface area contributed by atoms with Crippen LogP contribution in [-0.4, -0.2) is 29.6 Å². The fourth-order valence-corrected chi connectivity index (χ4v) is 3.16. The normalized spacial score (nSPS) is 14.8. The Morgan fingerprint density at radius 3 is 2.33 bits per heavy atom. The average Bonchev–Trinajstić information content (AvgIpc) is 2.61. The molecule has 0 atom stereocenters. The molecule has 2 aromatic rings. The maximum atomic E-state index is 9.37. The van der Waals surface area contributed by atoms with Crippen molar-refractivity contribution in [1.29, 1.82) is 0 Å². The van der Waals surface area contributed by atoms with Gasteiger partial charge in [0.25, 0.3) is 0 Å². The minimum Gasteiger partial charge on any atom is -0.508 e. The SMILES string of the molecule is Cl.Oc1ccc(C2=CCN(CCCCc3ccccc3)CC2)cc1. The van der Waals surface area contributed by atoms with E-state index in [1.54, 1.807) is 12.1 Å². The molecule has 0 aromatic heterocycles. The van der Waals surface area contributed by atoms with Gasteiger partial charge in [-0.3, -0.25) is 4.90 Å². The van der Waals surface area contributed by atoms with Gasteiger partial charge in [0.15, 0.2) is 0 Å². The second-order valence-corrected chi connectivity index (χ2v) is 6.27. The first kappa shape index (κ1) is 18.6. The van der Waals surface area contributed by atoms with E-state index in [0.717, 1.165) is 19.5 Å². The molecule has 3 heteroatoms. The van der Waals surface area contributed by atoms with Crippen LogP contribution in [0.3, 0.4) is 0 Å². The molecule has 0 bridgehead atoms. The number of halogens is 1. The van der Waals surface area contributed by atoms with Crippen LogP contribution in [-0.2, 0) is 6.42 Å². The molecular weight excluding hydrogens is 318 g/mol. The highest BCUT2D eigenvalue weighted by Crippen LogP contribution is 2.24. The first-order valence-electron chi connectivity index (χ1n) is 8.56. The van der Waals surface area contributed by atoms with Gasteiger partial charge in [0, 0.05) is 13.1 Å². The standard InChI is InChI=1S/C21H25NO.ClH/c23-21-11-9-19(10-12-21)20-13-16-22(17-14-20)15-5-4-8-18-6-2-1-3-7-18;/h1-3,6-7,9-13,23H,4-5,8,14-17H2;1H. The third kappa shape index (κ3) is 5.40.